The number of imidazole rings is 1. The van der Waals surface area contributed by atoms with E-state index in [9.17, 15) is 14.7 Å². The second kappa shape index (κ2) is 5.03. The quantitative estimate of drug-likeness (QED) is 0.860. The van der Waals surface area contributed by atoms with Crippen LogP contribution in [0.5, 0.6) is 0 Å². The topological polar surface area (TPSA) is 92.4 Å². The second-order valence-electron chi connectivity index (χ2n) is 5.41. The predicted molar refractivity (Wildman–Crippen MR) is 67.2 cm³/mol. The van der Waals surface area contributed by atoms with Gasteiger partial charge in [-0.3, -0.25) is 4.79 Å². The first-order chi connectivity index (χ1) is 8.90. The van der Waals surface area contributed by atoms with E-state index in [1.807, 2.05) is 18.4 Å². The molecule has 0 radical (unpaired) electrons. The minimum atomic E-state index is -1.08. The Morgan fingerprint density at radius 2 is 2.11 bits per heavy atom. The van der Waals surface area contributed by atoms with Gasteiger partial charge in [0, 0.05) is 19.4 Å². The van der Waals surface area contributed by atoms with E-state index in [4.69, 9.17) is 5.11 Å². The first kappa shape index (κ1) is 13.6. The Morgan fingerprint density at radius 3 is 2.63 bits per heavy atom. The van der Waals surface area contributed by atoms with Crippen LogP contribution in [0.2, 0.25) is 0 Å². The third-order valence-electron chi connectivity index (χ3n) is 3.44. The average Bonchev–Trinajstić information content (AvgIpc) is 2.66. The maximum absolute atomic E-state index is 11.2. The van der Waals surface area contributed by atoms with Gasteiger partial charge >= 0.3 is 11.9 Å². The molecule has 104 valence electrons. The van der Waals surface area contributed by atoms with Gasteiger partial charge in [-0.15, -0.1) is 0 Å². The minimum absolute atomic E-state index is 0.0154. The van der Waals surface area contributed by atoms with Gasteiger partial charge in [-0.1, -0.05) is 13.8 Å². The van der Waals surface area contributed by atoms with Crippen LogP contribution in [0, 0.1) is 11.8 Å². The number of aromatic carboxylic acids is 1. The van der Waals surface area contributed by atoms with Crippen LogP contribution in [0.15, 0.2) is 0 Å². The predicted octanol–water partition coefficient (Wildman–Crippen LogP) is 1.43. The van der Waals surface area contributed by atoms with Crippen molar-refractivity contribution in [3.05, 3.63) is 17.2 Å². The van der Waals surface area contributed by atoms with Gasteiger partial charge < -0.3 is 14.8 Å². The van der Waals surface area contributed by atoms with E-state index in [2.05, 4.69) is 4.98 Å². The van der Waals surface area contributed by atoms with Crippen molar-refractivity contribution in [2.24, 2.45) is 11.8 Å². The van der Waals surface area contributed by atoms with Crippen LogP contribution in [0.1, 0.15) is 42.3 Å². The van der Waals surface area contributed by atoms with Gasteiger partial charge in [0.1, 0.15) is 5.82 Å². The Balaban J connectivity index is 2.40. The van der Waals surface area contributed by atoms with Crippen molar-refractivity contribution in [3.8, 4) is 0 Å². The Labute approximate surface area is 111 Å². The van der Waals surface area contributed by atoms with Crippen LogP contribution in [-0.2, 0) is 24.2 Å². The summed E-state index contributed by atoms with van der Waals surface area (Å²) in [5.74, 6) is -1.32. The Bertz CT molecular complexity index is 519. The number of aliphatic carboxylic acids is 1. The number of carbonyl (C=O) groups is 2. The molecule has 19 heavy (non-hydrogen) atoms. The van der Waals surface area contributed by atoms with E-state index in [0.29, 0.717) is 31.0 Å². The molecule has 1 aromatic heterocycles. The molecule has 0 aromatic carbocycles. The van der Waals surface area contributed by atoms with Crippen molar-refractivity contribution in [3.63, 3.8) is 0 Å². The van der Waals surface area contributed by atoms with Crippen LogP contribution >= 0.6 is 0 Å². The molecule has 1 atom stereocenters. The molecule has 0 fully saturated rings. The molecule has 0 amide bonds. The zero-order chi connectivity index (χ0) is 14.2. The maximum Gasteiger partial charge on any atom is 0.356 e. The van der Waals surface area contributed by atoms with Crippen molar-refractivity contribution in [1.29, 1.82) is 0 Å². The standard InChI is InChI=1S/C13H18N2O4/c1-7(2)5-10-14-11(13(18)19)9-6-8(12(16)17)3-4-15(9)10/h7-8H,3-6H2,1-2H3,(H,16,17)(H,18,19). The zero-order valence-corrected chi connectivity index (χ0v) is 11.1. The Morgan fingerprint density at radius 1 is 1.42 bits per heavy atom. The molecule has 0 spiro atoms. The average molecular weight is 266 g/mol. The monoisotopic (exact) mass is 266 g/mol. The summed E-state index contributed by atoms with van der Waals surface area (Å²) in [4.78, 5) is 26.5. The van der Waals surface area contributed by atoms with E-state index < -0.39 is 17.9 Å². The molecule has 0 saturated heterocycles. The molecule has 6 nitrogen and oxygen atoms in total. The molecule has 0 aliphatic carbocycles. The molecule has 2 heterocycles. The van der Waals surface area contributed by atoms with Crippen molar-refractivity contribution in [2.75, 3.05) is 0 Å². The summed E-state index contributed by atoms with van der Waals surface area (Å²) in [6.07, 6.45) is 1.49. The van der Waals surface area contributed by atoms with E-state index in [1.165, 1.54) is 0 Å². The third kappa shape index (κ3) is 2.62. The van der Waals surface area contributed by atoms with Gasteiger partial charge in [0.2, 0.25) is 0 Å². The lowest BCUT2D eigenvalue weighted by Gasteiger charge is -2.22. The first-order valence-electron chi connectivity index (χ1n) is 6.44. The van der Waals surface area contributed by atoms with Crippen LogP contribution in [-0.4, -0.2) is 31.7 Å². The minimum Gasteiger partial charge on any atom is -0.481 e. The lowest BCUT2D eigenvalue weighted by Crippen LogP contribution is -2.27. The van der Waals surface area contributed by atoms with Crippen molar-refractivity contribution in [2.45, 2.75) is 39.7 Å². The van der Waals surface area contributed by atoms with E-state index in [-0.39, 0.29) is 12.1 Å². The number of rotatable bonds is 4. The fourth-order valence-electron chi connectivity index (χ4n) is 2.53. The van der Waals surface area contributed by atoms with E-state index in [1.54, 1.807) is 0 Å². The summed E-state index contributed by atoms with van der Waals surface area (Å²) < 4.78 is 1.89. The van der Waals surface area contributed by atoms with Crippen molar-refractivity contribution >= 4 is 11.9 Å². The summed E-state index contributed by atoms with van der Waals surface area (Å²) in [5.41, 5.74) is 0.573. The van der Waals surface area contributed by atoms with Gasteiger partial charge in [0.05, 0.1) is 11.6 Å². The molecule has 0 saturated carbocycles. The highest BCUT2D eigenvalue weighted by Gasteiger charge is 2.31. The van der Waals surface area contributed by atoms with E-state index in [0.717, 1.165) is 5.82 Å². The van der Waals surface area contributed by atoms with Crippen molar-refractivity contribution < 1.29 is 19.8 Å². The first-order valence-corrected chi connectivity index (χ1v) is 6.44. The zero-order valence-electron chi connectivity index (χ0n) is 11.1. The SMILES string of the molecule is CC(C)Cc1nc(C(=O)O)c2n1CCC(C(=O)O)C2. The molecular weight excluding hydrogens is 248 g/mol. The Hall–Kier alpha value is -1.85. The number of hydrogen-bond donors (Lipinski definition) is 2. The molecule has 0 bridgehead atoms. The molecular formula is C13H18N2O4. The second-order valence-corrected chi connectivity index (χ2v) is 5.41. The highest BCUT2D eigenvalue weighted by molar-refractivity contribution is 5.87. The molecule has 1 aliphatic rings. The summed E-state index contributed by atoms with van der Waals surface area (Å²) in [6, 6.07) is 0. The maximum atomic E-state index is 11.2. The van der Waals surface area contributed by atoms with Gasteiger partial charge in [-0.05, 0) is 12.3 Å². The highest BCUT2D eigenvalue weighted by atomic mass is 16.4. The third-order valence-corrected chi connectivity index (χ3v) is 3.44. The number of hydrogen-bond acceptors (Lipinski definition) is 3. The highest BCUT2D eigenvalue weighted by Crippen LogP contribution is 2.26. The smallest absolute Gasteiger partial charge is 0.356 e. The van der Waals surface area contributed by atoms with Crippen LogP contribution < -0.4 is 0 Å². The summed E-state index contributed by atoms with van der Waals surface area (Å²) in [7, 11) is 0. The molecule has 2 rings (SSSR count). The summed E-state index contributed by atoms with van der Waals surface area (Å²) >= 11 is 0. The number of carboxylic acids is 2. The van der Waals surface area contributed by atoms with Crippen LogP contribution in [0.25, 0.3) is 0 Å². The van der Waals surface area contributed by atoms with Crippen LogP contribution in [0.4, 0.5) is 0 Å². The molecule has 1 aliphatic heterocycles. The Kier molecular flexibility index (Phi) is 3.59. The normalized spacial score (nSPS) is 18.4. The van der Waals surface area contributed by atoms with E-state index >= 15 is 0 Å². The number of carboxylic acid groups (broad SMARTS) is 2. The number of aromatic nitrogens is 2. The fourth-order valence-corrected chi connectivity index (χ4v) is 2.53. The van der Waals surface area contributed by atoms with Crippen molar-refractivity contribution in [1.82, 2.24) is 9.55 Å². The molecule has 2 N–H and O–H groups in total. The molecule has 1 aromatic rings. The lowest BCUT2D eigenvalue weighted by molar-refractivity contribution is -0.142. The molecule has 1 unspecified atom stereocenters. The number of fused-ring (bicyclic) bond motifs is 1. The lowest BCUT2D eigenvalue weighted by atomic mass is 9.95. The molecule has 6 heteroatoms. The largest absolute Gasteiger partial charge is 0.481 e. The van der Waals surface area contributed by atoms with Gasteiger partial charge in [0.25, 0.3) is 0 Å². The summed E-state index contributed by atoms with van der Waals surface area (Å²) in [6.45, 7) is 4.63. The summed E-state index contributed by atoms with van der Waals surface area (Å²) in [5, 5.41) is 18.3. The fraction of sp³-hybridized carbons (Fsp3) is 0.615. The van der Waals surface area contributed by atoms with Gasteiger partial charge in [-0.2, -0.15) is 0 Å². The van der Waals surface area contributed by atoms with Crippen LogP contribution in [0.3, 0.4) is 0 Å². The number of nitrogens with zero attached hydrogens (tertiary/aromatic N) is 2. The van der Waals surface area contributed by atoms with Gasteiger partial charge in [0.15, 0.2) is 5.69 Å². The van der Waals surface area contributed by atoms with Gasteiger partial charge in [-0.25, -0.2) is 9.78 Å².